The van der Waals surface area contributed by atoms with Crippen LogP contribution in [0.4, 0.5) is 5.69 Å². The summed E-state index contributed by atoms with van der Waals surface area (Å²) in [5.74, 6) is 0.133. The van der Waals surface area contributed by atoms with Gasteiger partial charge >= 0.3 is 5.97 Å². The molecule has 1 saturated heterocycles. The van der Waals surface area contributed by atoms with E-state index in [1.54, 1.807) is 0 Å². The van der Waals surface area contributed by atoms with Crippen LogP contribution in [0.1, 0.15) is 27.2 Å². The minimum absolute atomic E-state index is 0.160. The molecule has 1 heterocycles. The van der Waals surface area contributed by atoms with E-state index in [0.717, 1.165) is 18.0 Å². The lowest BCUT2D eigenvalue weighted by Gasteiger charge is -2.22. The first kappa shape index (κ1) is 13.7. The van der Waals surface area contributed by atoms with Crippen LogP contribution < -0.4 is 9.64 Å². The second kappa shape index (κ2) is 5.11. The quantitative estimate of drug-likeness (QED) is 0.907. The molecule has 2 rings (SSSR count). The fourth-order valence-corrected chi connectivity index (χ4v) is 2.36. The van der Waals surface area contributed by atoms with Crippen LogP contribution in [-0.4, -0.2) is 30.3 Å². The van der Waals surface area contributed by atoms with Crippen molar-refractivity contribution in [2.24, 2.45) is 5.41 Å². The Bertz CT molecular complexity index is 455. The van der Waals surface area contributed by atoms with Gasteiger partial charge in [-0.25, -0.2) is 0 Å². The molecule has 0 amide bonds. The maximum absolute atomic E-state index is 11.2. The molecule has 1 unspecified atom stereocenters. The Morgan fingerprint density at radius 2 is 2.00 bits per heavy atom. The van der Waals surface area contributed by atoms with Crippen LogP contribution in [0.15, 0.2) is 24.3 Å². The summed E-state index contributed by atoms with van der Waals surface area (Å²) in [6.45, 7) is 7.14. The topological polar surface area (TPSA) is 49.8 Å². The molecule has 0 saturated carbocycles. The van der Waals surface area contributed by atoms with E-state index in [1.165, 1.54) is 0 Å². The summed E-state index contributed by atoms with van der Waals surface area (Å²) in [4.78, 5) is 13.3. The van der Waals surface area contributed by atoms with Gasteiger partial charge in [-0.2, -0.15) is 0 Å². The second-order valence-corrected chi connectivity index (χ2v) is 5.70. The summed E-state index contributed by atoms with van der Waals surface area (Å²) in [6.07, 6.45) is 0.847. The molecule has 0 aliphatic carbocycles. The van der Waals surface area contributed by atoms with Gasteiger partial charge in [-0.1, -0.05) is 0 Å². The number of hydrogen-bond acceptors (Lipinski definition) is 3. The number of rotatable bonds is 4. The minimum Gasteiger partial charge on any atom is -0.491 e. The summed E-state index contributed by atoms with van der Waals surface area (Å²) in [6, 6.07) is 7.86. The first-order valence-corrected chi connectivity index (χ1v) is 6.66. The first-order chi connectivity index (χ1) is 8.90. The molecule has 1 atom stereocenters. The van der Waals surface area contributed by atoms with Crippen LogP contribution in [0.2, 0.25) is 0 Å². The van der Waals surface area contributed by atoms with Gasteiger partial charge in [-0.05, 0) is 51.5 Å². The molecule has 0 radical (unpaired) electrons. The van der Waals surface area contributed by atoms with Gasteiger partial charge in [0.25, 0.3) is 0 Å². The standard InChI is InChI=1S/C15H21NO3/c1-11(2)19-13-6-4-12(5-7-13)16-9-8-15(3,10-16)14(17)18/h4-7,11H,8-10H2,1-3H3,(H,17,18). The molecule has 1 fully saturated rings. The molecular formula is C15H21NO3. The first-order valence-electron chi connectivity index (χ1n) is 6.66. The van der Waals surface area contributed by atoms with E-state index in [9.17, 15) is 9.90 Å². The van der Waals surface area contributed by atoms with E-state index >= 15 is 0 Å². The van der Waals surface area contributed by atoms with Crippen molar-refractivity contribution >= 4 is 11.7 Å². The molecule has 1 aliphatic heterocycles. The van der Waals surface area contributed by atoms with Crippen molar-refractivity contribution in [1.82, 2.24) is 0 Å². The second-order valence-electron chi connectivity index (χ2n) is 5.70. The van der Waals surface area contributed by atoms with E-state index in [2.05, 4.69) is 4.90 Å². The number of hydrogen-bond donors (Lipinski definition) is 1. The number of carbonyl (C=O) groups is 1. The minimum atomic E-state index is -0.713. The van der Waals surface area contributed by atoms with Crippen molar-refractivity contribution < 1.29 is 14.6 Å². The lowest BCUT2D eigenvalue weighted by Crippen LogP contribution is -2.31. The van der Waals surface area contributed by atoms with Gasteiger partial charge in [0.15, 0.2) is 0 Å². The number of anilines is 1. The monoisotopic (exact) mass is 263 g/mol. The van der Waals surface area contributed by atoms with Gasteiger partial charge in [-0.15, -0.1) is 0 Å². The third kappa shape index (κ3) is 3.00. The maximum Gasteiger partial charge on any atom is 0.311 e. The van der Waals surface area contributed by atoms with Gasteiger partial charge in [0, 0.05) is 18.8 Å². The van der Waals surface area contributed by atoms with Crippen LogP contribution in [-0.2, 0) is 4.79 Å². The predicted molar refractivity (Wildman–Crippen MR) is 74.8 cm³/mol. The number of carboxylic acids is 1. The Morgan fingerprint density at radius 3 is 2.47 bits per heavy atom. The molecule has 4 nitrogen and oxygen atoms in total. The van der Waals surface area contributed by atoms with Crippen molar-refractivity contribution in [1.29, 1.82) is 0 Å². The van der Waals surface area contributed by atoms with Crippen molar-refractivity contribution in [2.75, 3.05) is 18.0 Å². The number of ether oxygens (including phenoxy) is 1. The molecule has 19 heavy (non-hydrogen) atoms. The van der Waals surface area contributed by atoms with Crippen LogP contribution >= 0.6 is 0 Å². The van der Waals surface area contributed by atoms with Crippen molar-refractivity contribution in [3.8, 4) is 5.75 Å². The zero-order valence-corrected chi connectivity index (χ0v) is 11.7. The third-order valence-corrected chi connectivity index (χ3v) is 3.56. The highest BCUT2D eigenvalue weighted by atomic mass is 16.5. The SMILES string of the molecule is CC(C)Oc1ccc(N2CCC(C)(C(=O)O)C2)cc1. The Labute approximate surface area is 114 Å². The highest BCUT2D eigenvalue weighted by molar-refractivity contribution is 5.76. The molecular weight excluding hydrogens is 242 g/mol. The summed E-state index contributed by atoms with van der Waals surface area (Å²) in [7, 11) is 0. The zero-order chi connectivity index (χ0) is 14.0. The molecule has 0 bridgehead atoms. The molecule has 104 valence electrons. The molecule has 1 N–H and O–H groups in total. The highest BCUT2D eigenvalue weighted by Crippen LogP contribution is 2.33. The number of nitrogens with zero attached hydrogens (tertiary/aromatic N) is 1. The van der Waals surface area contributed by atoms with Gasteiger partial charge in [0.1, 0.15) is 5.75 Å². The smallest absolute Gasteiger partial charge is 0.311 e. The van der Waals surface area contributed by atoms with Crippen molar-refractivity contribution in [3.63, 3.8) is 0 Å². The van der Waals surface area contributed by atoms with E-state index < -0.39 is 11.4 Å². The zero-order valence-electron chi connectivity index (χ0n) is 11.7. The number of aliphatic carboxylic acids is 1. The van der Waals surface area contributed by atoms with Gasteiger partial charge in [-0.3, -0.25) is 4.79 Å². The Morgan fingerprint density at radius 1 is 1.37 bits per heavy atom. The van der Waals surface area contributed by atoms with E-state index in [4.69, 9.17) is 4.74 Å². The normalized spacial score (nSPS) is 22.8. The highest BCUT2D eigenvalue weighted by Gasteiger charge is 2.40. The molecule has 1 aromatic rings. The van der Waals surface area contributed by atoms with Crippen LogP contribution in [0, 0.1) is 5.41 Å². The van der Waals surface area contributed by atoms with Crippen molar-refractivity contribution in [2.45, 2.75) is 33.3 Å². The number of carboxylic acid groups (broad SMARTS) is 1. The Hall–Kier alpha value is -1.71. The summed E-state index contributed by atoms with van der Waals surface area (Å²) in [5.41, 5.74) is 0.425. The van der Waals surface area contributed by atoms with E-state index in [0.29, 0.717) is 13.0 Å². The van der Waals surface area contributed by atoms with Crippen LogP contribution in [0.25, 0.3) is 0 Å². The molecule has 1 aliphatic rings. The van der Waals surface area contributed by atoms with Gasteiger partial charge in [0.05, 0.1) is 11.5 Å². The number of benzene rings is 1. The molecule has 0 spiro atoms. The maximum atomic E-state index is 11.2. The average Bonchev–Trinajstić information content (AvgIpc) is 2.74. The largest absolute Gasteiger partial charge is 0.491 e. The molecule has 4 heteroatoms. The lowest BCUT2D eigenvalue weighted by atomic mass is 9.90. The predicted octanol–water partition coefficient (Wildman–Crippen LogP) is 2.77. The van der Waals surface area contributed by atoms with E-state index in [-0.39, 0.29) is 6.10 Å². The summed E-state index contributed by atoms with van der Waals surface area (Å²) in [5, 5.41) is 9.23. The lowest BCUT2D eigenvalue weighted by molar-refractivity contribution is -0.146. The van der Waals surface area contributed by atoms with Crippen LogP contribution in [0.5, 0.6) is 5.75 Å². The van der Waals surface area contributed by atoms with E-state index in [1.807, 2.05) is 45.0 Å². The third-order valence-electron chi connectivity index (χ3n) is 3.56. The molecule has 0 aromatic heterocycles. The van der Waals surface area contributed by atoms with Crippen molar-refractivity contribution in [3.05, 3.63) is 24.3 Å². The van der Waals surface area contributed by atoms with Gasteiger partial charge < -0.3 is 14.7 Å². The van der Waals surface area contributed by atoms with Crippen LogP contribution in [0.3, 0.4) is 0 Å². The Kier molecular flexibility index (Phi) is 3.69. The molecule has 1 aromatic carbocycles. The summed E-state index contributed by atoms with van der Waals surface area (Å²) >= 11 is 0. The average molecular weight is 263 g/mol. The Balaban J connectivity index is 2.06. The fraction of sp³-hybridized carbons (Fsp3) is 0.533. The fourth-order valence-electron chi connectivity index (χ4n) is 2.36. The summed E-state index contributed by atoms with van der Waals surface area (Å²) < 4.78 is 5.60. The van der Waals surface area contributed by atoms with Gasteiger partial charge in [0.2, 0.25) is 0 Å².